The predicted octanol–water partition coefficient (Wildman–Crippen LogP) is 4.62. The fourth-order valence-electron chi connectivity index (χ4n) is 3.83. The molecular weight excluding hydrogens is 408 g/mol. The lowest BCUT2D eigenvalue weighted by molar-refractivity contribution is -0.384. The van der Waals surface area contributed by atoms with Crippen LogP contribution in [0.15, 0.2) is 64.1 Å². The van der Waals surface area contributed by atoms with E-state index in [2.05, 4.69) is 15.8 Å². The molecule has 1 aliphatic rings. The first kappa shape index (κ1) is 21.3. The molecule has 0 saturated carbocycles. The van der Waals surface area contributed by atoms with E-state index < -0.39 is 4.92 Å². The Kier molecular flexibility index (Phi) is 6.30. The number of benzene rings is 2. The summed E-state index contributed by atoms with van der Waals surface area (Å²) in [7, 11) is 0. The van der Waals surface area contributed by atoms with Crippen LogP contribution in [0.25, 0.3) is 0 Å². The second kappa shape index (κ2) is 9.47. The fraction of sp³-hybridized carbons (Fsp3) is 0.250. The summed E-state index contributed by atoms with van der Waals surface area (Å²) >= 11 is 0. The molecule has 4 rings (SSSR count). The van der Waals surface area contributed by atoms with Gasteiger partial charge in [0.15, 0.2) is 5.76 Å². The van der Waals surface area contributed by atoms with Gasteiger partial charge in [0.25, 0.3) is 11.6 Å². The molecular formula is C24H24N4O4. The summed E-state index contributed by atoms with van der Waals surface area (Å²) in [5, 5.41) is 18.3. The van der Waals surface area contributed by atoms with Gasteiger partial charge in [-0.25, -0.2) is 0 Å². The number of nitro groups is 1. The van der Waals surface area contributed by atoms with Crippen molar-refractivity contribution in [1.82, 2.24) is 5.32 Å². The summed E-state index contributed by atoms with van der Waals surface area (Å²) in [6.07, 6.45) is 3.13. The lowest BCUT2D eigenvalue weighted by Gasteiger charge is -2.13. The Morgan fingerprint density at radius 1 is 1.12 bits per heavy atom. The van der Waals surface area contributed by atoms with Crippen molar-refractivity contribution in [2.75, 3.05) is 12.0 Å². The SMILES string of the molecule is Cc1c(C(=O)NCCc2ccccc2)oc2c1/C(=N/Nc1ccc([N+](=O)[O-])cc1)CCC2. The minimum absolute atomic E-state index is 0.0248. The summed E-state index contributed by atoms with van der Waals surface area (Å²) in [4.78, 5) is 23.1. The van der Waals surface area contributed by atoms with Crippen LogP contribution < -0.4 is 10.7 Å². The quantitative estimate of drug-likeness (QED) is 0.418. The maximum atomic E-state index is 12.7. The molecule has 8 nitrogen and oxygen atoms in total. The minimum atomic E-state index is -0.440. The van der Waals surface area contributed by atoms with Gasteiger partial charge in [0.1, 0.15) is 5.76 Å². The zero-order valence-corrected chi connectivity index (χ0v) is 17.8. The van der Waals surface area contributed by atoms with Crippen LogP contribution in [0.5, 0.6) is 0 Å². The number of nitro benzene ring substituents is 1. The van der Waals surface area contributed by atoms with Crippen LogP contribution in [0.2, 0.25) is 0 Å². The van der Waals surface area contributed by atoms with Gasteiger partial charge in [-0.15, -0.1) is 0 Å². The third-order valence-electron chi connectivity index (χ3n) is 5.47. The van der Waals surface area contributed by atoms with Crippen molar-refractivity contribution in [2.45, 2.75) is 32.6 Å². The van der Waals surface area contributed by atoms with Crippen molar-refractivity contribution in [3.05, 3.63) is 92.9 Å². The summed E-state index contributed by atoms with van der Waals surface area (Å²) in [6, 6.07) is 16.1. The Morgan fingerprint density at radius 2 is 1.88 bits per heavy atom. The Hall–Kier alpha value is -3.94. The molecule has 0 bridgehead atoms. The van der Waals surface area contributed by atoms with E-state index in [1.165, 1.54) is 12.1 Å². The molecule has 0 aliphatic heterocycles. The van der Waals surface area contributed by atoms with Gasteiger partial charge in [0.2, 0.25) is 0 Å². The van der Waals surface area contributed by atoms with Crippen molar-refractivity contribution in [3.8, 4) is 0 Å². The van der Waals surface area contributed by atoms with Gasteiger partial charge in [-0.2, -0.15) is 5.10 Å². The van der Waals surface area contributed by atoms with Crippen LogP contribution in [-0.4, -0.2) is 23.1 Å². The molecule has 8 heteroatoms. The van der Waals surface area contributed by atoms with E-state index in [0.717, 1.165) is 53.8 Å². The van der Waals surface area contributed by atoms with Gasteiger partial charge >= 0.3 is 0 Å². The lowest BCUT2D eigenvalue weighted by Crippen LogP contribution is -2.26. The number of carbonyl (C=O) groups excluding carboxylic acids is 1. The van der Waals surface area contributed by atoms with Crippen molar-refractivity contribution in [1.29, 1.82) is 0 Å². The topological polar surface area (TPSA) is 110 Å². The number of hydrogen-bond acceptors (Lipinski definition) is 6. The highest BCUT2D eigenvalue weighted by Gasteiger charge is 2.27. The van der Waals surface area contributed by atoms with Crippen LogP contribution in [0, 0.1) is 17.0 Å². The molecule has 0 radical (unpaired) electrons. The van der Waals surface area contributed by atoms with E-state index in [4.69, 9.17) is 4.42 Å². The summed E-state index contributed by atoms with van der Waals surface area (Å²) in [5.41, 5.74) is 7.26. The maximum Gasteiger partial charge on any atom is 0.287 e. The number of nitrogens with zero attached hydrogens (tertiary/aromatic N) is 2. The molecule has 0 saturated heterocycles. The Bertz CT molecular complexity index is 1150. The number of anilines is 1. The minimum Gasteiger partial charge on any atom is -0.455 e. The van der Waals surface area contributed by atoms with E-state index in [-0.39, 0.29) is 11.6 Å². The lowest BCUT2D eigenvalue weighted by atomic mass is 9.93. The van der Waals surface area contributed by atoms with Crippen molar-refractivity contribution >= 4 is 23.0 Å². The summed E-state index contributed by atoms with van der Waals surface area (Å²) < 4.78 is 5.93. The van der Waals surface area contributed by atoms with E-state index in [1.807, 2.05) is 37.3 Å². The fourth-order valence-corrected chi connectivity index (χ4v) is 3.83. The first-order valence-electron chi connectivity index (χ1n) is 10.5. The van der Waals surface area contributed by atoms with E-state index in [9.17, 15) is 14.9 Å². The first-order chi connectivity index (χ1) is 15.5. The number of carbonyl (C=O) groups is 1. The molecule has 0 unspecified atom stereocenters. The van der Waals surface area contributed by atoms with E-state index >= 15 is 0 Å². The molecule has 0 fully saturated rings. The first-order valence-corrected chi connectivity index (χ1v) is 10.5. The zero-order valence-electron chi connectivity index (χ0n) is 17.8. The number of amides is 1. The monoisotopic (exact) mass is 432 g/mol. The van der Waals surface area contributed by atoms with Crippen molar-refractivity contribution < 1.29 is 14.1 Å². The maximum absolute atomic E-state index is 12.7. The van der Waals surface area contributed by atoms with Gasteiger partial charge in [0.05, 0.1) is 16.3 Å². The van der Waals surface area contributed by atoms with Crippen molar-refractivity contribution in [2.24, 2.45) is 5.10 Å². The number of hydrogen-bond donors (Lipinski definition) is 2. The second-order valence-corrected chi connectivity index (χ2v) is 7.67. The molecule has 1 amide bonds. The molecule has 0 spiro atoms. The van der Waals surface area contributed by atoms with E-state index in [1.54, 1.807) is 12.1 Å². The summed E-state index contributed by atoms with van der Waals surface area (Å²) in [5.74, 6) is 0.870. The number of furan rings is 1. The Morgan fingerprint density at radius 3 is 2.59 bits per heavy atom. The number of non-ortho nitro benzene ring substituents is 1. The van der Waals surface area contributed by atoms with E-state index in [0.29, 0.717) is 18.0 Å². The normalized spacial score (nSPS) is 14.1. The van der Waals surface area contributed by atoms with Gasteiger partial charge in [-0.3, -0.25) is 20.3 Å². The Labute approximate surface area is 185 Å². The van der Waals surface area contributed by atoms with Crippen LogP contribution >= 0.6 is 0 Å². The second-order valence-electron chi connectivity index (χ2n) is 7.67. The zero-order chi connectivity index (χ0) is 22.5. The van der Waals surface area contributed by atoms with Crippen molar-refractivity contribution in [3.63, 3.8) is 0 Å². The highest BCUT2D eigenvalue weighted by molar-refractivity contribution is 6.06. The third-order valence-corrected chi connectivity index (χ3v) is 5.47. The number of rotatable bonds is 7. The molecule has 3 aromatic rings. The van der Waals surface area contributed by atoms with Gasteiger partial charge in [0, 0.05) is 36.2 Å². The van der Waals surface area contributed by atoms with Crippen LogP contribution in [0.1, 0.15) is 45.8 Å². The largest absolute Gasteiger partial charge is 0.455 e. The van der Waals surface area contributed by atoms with Crippen LogP contribution in [-0.2, 0) is 12.8 Å². The highest BCUT2D eigenvalue weighted by atomic mass is 16.6. The average molecular weight is 432 g/mol. The molecule has 32 heavy (non-hydrogen) atoms. The molecule has 1 aliphatic carbocycles. The number of hydrazone groups is 1. The van der Waals surface area contributed by atoms with Gasteiger partial charge in [-0.1, -0.05) is 30.3 Å². The molecule has 164 valence electrons. The Balaban J connectivity index is 1.46. The number of nitrogens with one attached hydrogen (secondary N) is 2. The highest BCUT2D eigenvalue weighted by Crippen LogP contribution is 2.30. The number of fused-ring (bicyclic) bond motifs is 1. The smallest absolute Gasteiger partial charge is 0.287 e. The molecule has 2 aromatic carbocycles. The molecule has 0 atom stereocenters. The third kappa shape index (κ3) is 4.69. The van der Waals surface area contributed by atoms with Gasteiger partial charge < -0.3 is 9.73 Å². The predicted molar refractivity (Wildman–Crippen MR) is 122 cm³/mol. The summed E-state index contributed by atoms with van der Waals surface area (Å²) in [6.45, 7) is 2.40. The average Bonchev–Trinajstić information content (AvgIpc) is 3.16. The number of aryl methyl sites for hydroxylation is 1. The van der Waals surface area contributed by atoms with Crippen LogP contribution in [0.3, 0.4) is 0 Å². The molecule has 1 heterocycles. The standard InChI is InChI=1S/C24H24N4O4/c1-16-22-20(27-26-18-10-12-19(13-11-18)28(30)31)8-5-9-21(22)32-23(16)24(29)25-15-14-17-6-3-2-4-7-17/h2-4,6-7,10-13,26H,5,8-9,14-15H2,1H3,(H,25,29)/b27-20+. The molecule has 1 aromatic heterocycles. The van der Waals surface area contributed by atoms with Gasteiger partial charge in [-0.05, 0) is 43.9 Å². The van der Waals surface area contributed by atoms with Crippen LogP contribution in [0.4, 0.5) is 11.4 Å². The molecule has 2 N–H and O–H groups in total.